The van der Waals surface area contributed by atoms with Crippen LogP contribution in [0, 0.1) is 0 Å². The first kappa shape index (κ1) is 40.1. The second-order valence-electron chi connectivity index (χ2n) is 16.7. The number of fused-ring (bicyclic) bond motifs is 3. The van der Waals surface area contributed by atoms with E-state index in [1.54, 1.807) is 18.4 Å². The molecule has 0 bridgehead atoms. The maximum Gasteiger partial charge on any atom is 0.330 e. The monoisotopic (exact) mass is 789 g/mol. The number of imidazole rings is 1. The van der Waals surface area contributed by atoms with Crippen molar-refractivity contribution in [2.24, 2.45) is 0 Å². The van der Waals surface area contributed by atoms with Gasteiger partial charge in [-0.25, -0.2) is 19.7 Å². The summed E-state index contributed by atoms with van der Waals surface area (Å²) in [5, 5.41) is 10.2. The number of aliphatic hydroxyl groups excluding tert-OH is 1. The SMILES string of the molecule is CC(C)[Si](OC[C@H]1O[C@@H](n2c(COC[C@H]3O[C@@H](n4c(CO)nc5c(N)ncnc54)[C@@H]4OC(C)(C)O[C@@H]43)cc(=O)[nH]c2=O)[C@@H]2OC(C)(C)O[C@@H]21)(C(C)C)C(C)C. The van der Waals surface area contributed by atoms with Gasteiger partial charge in [0.25, 0.3) is 5.56 Å². The van der Waals surface area contributed by atoms with E-state index in [4.69, 9.17) is 43.3 Å². The Morgan fingerprint density at radius 1 is 0.855 bits per heavy atom. The van der Waals surface area contributed by atoms with Gasteiger partial charge in [0.2, 0.25) is 0 Å². The molecule has 8 atom stereocenters. The number of aromatic amines is 1. The van der Waals surface area contributed by atoms with Crippen molar-refractivity contribution in [3.63, 3.8) is 0 Å². The van der Waals surface area contributed by atoms with Gasteiger partial charge < -0.3 is 48.4 Å². The van der Waals surface area contributed by atoms with Crippen LogP contribution in [0.2, 0.25) is 16.6 Å². The van der Waals surface area contributed by atoms with E-state index in [2.05, 4.69) is 61.5 Å². The Kier molecular flexibility index (Phi) is 10.7. The standard InChI is InChI=1S/C36H55N7O11Si/c1-17(2)55(18(3)4,19(5)6)48-15-22-27-28(53-36(9,10)52-27)32(50-22)42-20(11-24(45)41-34(42)46)13-47-14-21-26-29(54-35(7,8)51-26)33(49-21)43-23(12-44)40-25-30(37)38-16-39-31(25)43/h11,16-19,21-22,26-29,32-33,44H,12-15H2,1-10H3,(H2,37,38,39)(H,41,45,46)/t21-,22-,26-,27-,28-,29-,32-,33-/m1/s1. The van der Waals surface area contributed by atoms with Crippen LogP contribution in [-0.2, 0) is 50.8 Å². The van der Waals surface area contributed by atoms with Crippen LogP contribution < -0.4 is 17.0 Å². The maximum atomic E-state index is 13.6. The molecule has 0 aliphatic carbocycles. The summed E-state index contributed by atoms with van der Waals surface area (Å²) in [7, 11) is -2.27. The Hall–Kier alpha value is -3.11. The number of aromatic nitrogens is 6. The minimum atomic E-state index is -2.27. The smallest absolute Gasteiger partial charge is 0.330 e. The number of rotatable bonds is 13. The first-order chi connectivity index (χ1) is 25.9. The van der Waals surface area contributed by atoms with E-state index in [1.165, 1.54) is 17.0 Å². The molecule has 7 rings (SSSR count). The second-order valence-corrected chi connectivity index (χ2v) is 22.2. The Labute approximate surface area is 320 Å². The fourth-order valence-corrected chi connectivity index (χ4v) is 14.8. The van der Waals surface area contributed by atoms with Gasteiger partial charge in [-0.15, -0.1) is 0 Å². The predicted molar refractivity (Wildman–Crippen MR) is 199 cm³/mol. The largest absolute Gasteiger partial charge is 0.413 e. The van der Waals surface area contributed by atoms with Gasteiger partial charge in [0.05, 0.1) is 25.5 Å². The highest BCUT2D eigenvalue weighted by molar-refractivity contribution is 6.77. The highest BCUT2D eigenvalue weighted by Crippen LogP contribution is 2.47. The molecule has 4 N–H and O–H groups in total. The lowest BCUT2D eigenvalue weighted by atomic mass is 10.1. The molecule has 0 amide bonds. The van der Waals surface area contributed by atoms with Crippen molar-refractivity contribution in [1.82, 2.24) is 29.1 Å². The number of nitrogens with one attached hydrogen (secondary N) is 1. The van der Waals surface area contributed by atoms with E-state index in [-0.39, 0.29) is 37.2 Å². The van der Waals surface area contributed by atoms with Crippen LogP contribution in [0.1, 0.15) is 93.2 Å². The molecule has 304 valence electrons. The van der Waals surface area contributed by atoms with Gasteiger partial charge >= 0.3 is 5.69 Å². The molecule has 19 heteroatoms. The molecular formula is C36H55N7O11Si. The van der Waals surface area contributed by atoms with Gasteiger partial charge in [-0.05, 0) is 44.3 Å². The summed E-state index contributed by atoms with van der Waals surface area (Å²) < 4.78 is 54.6. The van der Waals surface area contributed by atoms with Gasteiger partial charge in [0, 0.05) is 6.07 Å². The third-order valence-corrected chi connectivity index (χ3v) is 17.4. The number of hydrogen-bond donors (Lipinski definition) is 3. The summed E-state index contributed by atoms with van der Waals surface area (Å²) in [5.74, 6) is -1.48. The van der Waals surface area contributed by atoms with Gasteiger partial charge in [0.1, 0.15) is 55.4 Å². The quantitative estimate of drug-likeness (QED) is 0.212. The molecule has 7 heterocycles. The molecule has 55 heavy (non-hydrogen) atoms. The Morgan fingerprint density at radius 3 is 1.96 bits per heavy atom. The molecular weight excluding hydrogens is 735 g/mol. The lowest BCUT2D eigenvalue weighted by Crippen LogP contribution is -2.50. The predicted octanol–water partition coefficient (Wildman–Crippen LogP) is 2.99. The third kappa shape index (κ3) is 7.10. The van der Waals surface area contributed by atoms with Crippen LogP contribution in [-0.4, -0.2) is 104 Å². The Bertz CT molecular complexity index is 1980. The number of H-pyrrole nitrogens is 1. The van der Waals surface area contributed by atoms with Crippen molar-refractivity contribution in [2.75, 3.05) is 18.9 Å². The van der Waals surface area contributed by atoms with E-state index in [0.29, 0.717) is 27.8 Å². The topological polar surface area (TPSA) is 219 Å². The lowest BCUT2D eigenvalue weighted by molar-refractivity contribution is -0.203. The van der Waals surface area contributed by atoms with Crippen LogP contribution in [0.15, 0.2) is 22.0 Å². The number of ether oxygens (including phenoxy) is 7. The summed E-state index contributed by atoms with van der Waals surface area (Å²) in [4.78, 5) is 41.6. The number of nitrogens with two attached hydrogens (primary N) is 1. The molecule has 0 saturated carbocycles. The van der Waals surface area contributed by atoms with Crippen molar-refractivity contribution in [3.05, 3.63) is 44.8 Å². The van der Waals surface area contributed by atoms with E-state index >= 15 is 0 Å². The van der Waals surface area contributed by atoms with Crippen molar-refractivity contribution < 1.29 is 42.7 Å². The first-order valence-electron chi connectivity index (χ1n) is 19.0. The van der Waals surface area contributed by atoms with E-state index in [1.807, 2.05) is 13.8 Å². The molecule has 4 fully saturated rings. The number of nitrogens with zero attached hydrogens (tertiary/aromatic N) is 5. The molecule has 0 spiro atoms. The Balaban J connectivity index is 1.13. The number of nitrogen functional groups attached to an aromatic ring is 1. The highest BCUT2D eigenvalue weighted by atomic mass is 28.4. The molecule has 0 unspecified atom stereocenters. The zero-order chi connectivity index (χ0) is 39.8. The van der Waals surface area contributed by atoms with Crippen LogP contribution >= 0.6 is 0 Å². The summed E-state index contributed by atoms with van der Waals surface area (Å²) in [6, 6.07) is 1.31. The molecule has 18 nitrogen and oxygen atoms in total. The average molecular weight is 790 g/mol. The summed E-state index contributed by atoms with van der Waals surface area (Å²) in [6.07, 6.45) is -4.07. The van der Waals surface area contributed by atoms with Crippen molar-refractivity contribution in [3.8, 4) is 0 Å². The van der Waals surface area contributed by atoms with Crippen molar-refractivity contribution >= 4 is 25.3 Å². The molecule has 3 aromatic heterocycles. The minimum Gasteiger partial charge on any atom is -0.413 e. The molecule has 0 aromatic carbocycles. The number of hydrogen-bond acceptors (Lipinski definition) is 15. The van der Waals surface area contributed by atoms with Gasteiger partial charge in [-0.3, -0.25) is 18.9 Å². The molecule has 3 aromatic rings. The Morgan fingerprint density at radius 2 is 1.40 bits per heavy atom. The fraction of sp³-hybridized carbons (Fsp3) is 0.750. The normalized spacial score (nSPS) is 30.0. The van der Waals surface area contributed by atoms with E-state index < -0.39 is 86.8 Å². The third-order valence-electron chi connectivity index (χ3n) is 11.3. The van der Waals surface area contributed by atoms with Gasteiger partial charge in [-0.2, -0.15) is 0 Å². The summed E-state index contributed by atoms with van der Waals surface area (Å²) in [6.45, 7) is 20.3. The van der Waals surface area contributed by atoms with Crippen LogP contribution in [0.3, 0.4) is 0 Å². The fourth-order valence-electron chi connectivity index (χ4n) is 9.30. The summed E-state index contributed by atoms with van der Waals surface area (Å²) >= 11 is 0. The molecule has 4 aliphatic heterocycles. The van der Waals surface area contributed by atoms with Gasteiger partial charge in [0.15, 0.2) is 49.3 Å². The number of aliphatic hydroxyl groups is 1. The summed E-state index contributed by atoms with van der Waals surface area (Å²) in [5.41, 5.74) is 6.85. The molecule has 4 aliphatic rings. The van der Waals surface area contributed by atoms with Crippen LogP contribution in [0.4, 0.5) is 5.82 Å². The zero-order valence-electron chi connectivity index (χ0n) is 33.2. The van der Waals surface area contributed by atoms with Gasteiger partial charge in [-0.1, -0.05) is 41.5 Å². The number of anilines is 1. The van der Waals surface area contributed by atoms with E-state index in [0.717, 1.165) is 0 Å². The highest BCUT2D eigenvalue weighted by Gasteiger charge is 2.59. The van der Waals surface area contributed by atoms with Crippen LogP contribution in [0.5, 0.6) is 0 Å². The van der Waals surface area contributed by atoms with Crippen molar-refractivity contribution in [2.45, 2.75) is 160 Å². The average Bonchev–Trinajstić information content (AvgIpc) is 3.86. The second kappa shape index (κ2) is 14.7. The van der Waals surface area contributed by atoms with E-state index in [9.17, 15) is 14.7 Å². The first-order valence-corrected chi connectivity index (χ1v) is 21.2. The molecule has 0 radical (unpaired) electrons. The van der Waals surface area contributed by atoms with Crippen LogP contribution in [0.25, 0.3) is 11.2 Å². The minimum absolute atomic E-state index is 0.0106. The zero-order valence-corrected chi connectivity index (χ0v) is 34.2. The lowest BCUT2D eigenvalue weighted by Gasteiger charge is -2.43. The maximum absolute atomic E-state index is 13.6. The van der Waals surface area contributed by atoms with Crippen molar-refractivity contribution in [1.29, 1.82) is 0 Å². The molecule has 4 saturated heterocycles.